The fraction of sp³-hybridized carbons (Fsp3) is 0.154. The smallest absolute Gasteiger partial charge is 0.142 e. The van der Waals surface area contributed by atoms with E-state index in [4.69, 9.17) is 0 Å². The van der Waals surface area contributed by atoms with Crippen molar-refractivity contribution >= 4 is 15.9 Å². The molecule has 1 N–H and O–H groups in total. The molecular formula is C13H12BrFN2. The molecule has 2 aromatic rings. The van der Waals surface area contributed by atoms with Crippen molar-refractivity contribution in [3.63, 3.8) is 0 Å². The molecule has 1 aromatic carbocycles. The van der Waals surface area contributed by atoms with Gasteiger partial charge in [-0.2, -0.15) is 0 Å². The predicted octanol–water partition coefficient (Wildman–Crippen LogP) is 3.29. The van der Waals surface area contributed by atoms with Crippen LogP contribution < -0.4 is 5.32 Å². The van der Waals surface area contributed by atoms with E-state index in [1.807, 2.05) is 25.2 Å². The Morgan fingerprint density at radius 1 is 1.24 bits per heavy atom. The van der Waals surface area contributed by atoms with E-state index in [-0.39, 0.29) is 11.9 Å². The molecule has 0 fully saturated rings. The molecule has 0 saturated carbocycles. The lowest BCUT2D eigenvalue weighted by Crippen LogP contribution is -2.19. The van der Waals surface area contributed by atoms with Gasteiger partial charge in [0.1, 0.15) is 5.82 Å². The van der Waals surface area contributed by atoms with Gasteiger partial charge in [-0.25, -0.2) is 4.39 Å². The highest BCUT2D eigenvalue weighted by Crippen LogP contribution is 2.27. The van der Waals surface area contributed by atoms with E-state index in [1.165, 1.54) is 0 Å². The quantitative estimate of drug-likeness (QED) is 0.940. The molecule has 0 aliphatic heterocycles. The van der Waals surface area contributed by atoms with E-state index in [1.54, 1.807) is 24.5 Å². The van der Waals surface area contributed by atoms with E-state index in [0.29, 0.717) is 10.0 Å². The Kier molecular flexibility index (Phi) is 3.86. The van der Waals surface area contributed by atoms with Crippen LogP contribution in [-0.4, -0.2) is 12.0 Å². The Hall–Kier alpha value is -1.26. The van der Waals surface area contributed by atoms with Crippen molar-refractivity contribution in [1.82, 2.24) is 10.3 Å². The molecule has 0 radical (unpaired) electrons. The summed E-state index contributed by atoms with van der Waals surface area (Å²) in [6.07, 6.45) is 3.41. The highest BCUT2D eigenvalue weighted by Gasteiger charge is 2.17. The first-order chi connectivity index (χ1) is 8.24. The fourth-order valence-corrected chi connectivity index (χ4v) is 2.18. The summed E-state index contributed by atoms with van der Waals surface area (Å²) >= 11 is 3.20. The molecular weight excluding hydrogens is 283 g/mol. The minimum absolute atomic E-state index is 0.171. The summed E-state index contributed by atoms with van der Waals surface area (Å²) in [4.78, 5) is 3.96. The van der Waals surface area contributed by atoms with Gasteiger partial charge in [-0.05, 0) is 46.7 Å². The zero-order valence-corrected chi connectivity index (χ0v) is 10.9. The second kappa shape index (κ2) is 5.38. The topological polar surface area (TPSA) is 24.9 Å². The Morgan fingerprint density at radius 3 is 2.59 bits per heavy atom. The summed E-state index contributed by atoms with van der Waals surface area (Å²) in [6.45, 7) is 0. The van der Waals surface area contributed by atoms with Crippen molar-refractivity contribution in [3.05, 3.63) is 64.1 Å². The van der Waals surface area contributed by atoms with E-state index in [9.17, 15) is 4.39 Å². The molecule has 0 bridgehead atoms. The molecule has 2 rings (SSSR count). The molecule has 0 aliphatic carbocycles. The van der Waals surface area contributed by atoms with Crippen LogP contribution in [0.5, 0.6) is 0 Å². The fourth-order valence-electron chi connectivity index (χ4n) is 1.80. The van der Waals surface area contributed by atoms with Crippen LogP contribution in [0.15, 0.2) is 47.2 Å². The van der Waals surface area contributed by atoms with E-state index in [2.05, 4.69) is 26.2 Å². The summed E-state index contributed by atoms with van der Waals surface area (Å²) in [6, 6.07) is 8.88. The monoisotopic (exact) mass is 294 g/mol. The lowest BCUT2D eigenvalue weighted by atomic mass is 9.99. The van der Waals surface area contributed by atoms with Crippen molar-refractivity contribution in [3.8, 4) is 0 Å². The van der Waals surface area contributed by atoms with Gasteiger partial charge >= 0.3 is 0 Å². The minimum Gasteiger partial charge on any atom is -0.309 e. The highest BCUT2D eigenvalue weighted by molar-refractivity contribution is 9.10. The number of hydrogen-bond acceptors (Lipinski definition) is 2. The summed E-state index contributed by atoms with van der Waals surface area (Å²) in [5, 5.41) is 3.11. The standard InChI is InChI=1S/C13H12BrFN2/c1-16-13(9-5-7-17-8-6-9)10-3-2-4-11(14)12(10)15/h2-8,13,16H,1H3. The summed E-state index contributed by atoms with van der Waals surface area (Å²) in [7, 11) is 1.81. The first kappa shape index (κ1) is 12.2. The van der Waals surface area contributed by atoms with Crippen LogP contribution in [0.2, 0.25) is 0 Å². The minimum atomic E-state index is -0.233. The van der Waals surface area contributed by atoms with Crippen LogP contribution in [0, 0.1) is 5.82 Å². The Bertz CT molecular complexity index is 502. The molecule has 1 atom stereocenters. The van der Waals surface area contributed by atoms with Gasteiger partial charge in [-0.3, -0.25) is 4.98 Å². The molecule has 0 aliphatic rings. The van der Waals surface area contributed by atoms with Crippen molar-refractivity contribution in [2.75, 3.05) is 7.05 Å². The van der Waals surface area contributed by atoms with Crippen LogP contribution in [0.25, 0.3) is 0 Å². The Labute approximate surface area is 108 Å². The Morgan fingerprint density at radius 2 is 1.94 bits per heavy atom. The molecule has 0 saturated heterocycles. The number of benzene rings is 1. The molecule has 0 amide bonds. The van der Waals surface area contributed by atoms with Crippen LogP contribution in [0.4, 0.5) is 4.39 Å². The largest absolute Gasteiger partial charge is 0.309 e. The van der Waals surface area contributed by atoms with Gasteiger partial charge in [-0.15, -0.1) is 0 Å². The third kappa shape index (κ3) is 2.53. The normalized spacial score (nSPS) is 12.4. The van der Waals surface area contributed by atoms with Crippen LogP contribution in [-0.2, 0) is 0 Å². The molecule has 1 heterocycles. The van der Waals surface area contributed by atoms with Crippen LogP contribution >= 0.6 is 15.9 Å². The van der Waals surface area contributed by atoms with Gasteiger partial charge < -0.3 is 5.32 Å². The lowest BCUT2D eigenvalue weighted by molar-refractivity contribution is 0.571. The maximum absolute atomic E-state index is 14.0. The number of pyridine rings is 1. The maximum atomic E-state index is 14.0. The SMILES string of the molecule is CNC(c1ccncc1)c1cccc(Br)c1F. The van der Waals surface area contributed by atoms with Gasteiger partial charge in [0, 0.05) is 18.0 Å². The van der Waals surface area contributed by atoms with E-state index >= 15 is 0 Å². The first-order valence-corrected chi connectivity index (χ1v) is 6.04. The molecule has 2 nitrogen and oxygen atoms in total. The summed E-state index contributed by atoms with van der Waals surface area (Å²) < 4.78 is 14.5. The van der Waals surface area contributed by atoms with Crippen LogP contribution in [0.1, 0.15) is 17.2 Å². The third-order valence-corrected chi connectivity index (χ3v) is 3.23. The van der Waals surface area contributed by atoms with Crippen molar-refractivity contribution in [2.24, 2.45) is 0 Å². The predicted molar refractivity (Wildman–Crippen MR) is 69.2 cm³/mol. The number of nitrogens with one attached hydrogen (secondary N) is 1. The average molecular weight is 295 g/mol. The highest BCUT2D eigenvalue weighted by atomic mass is 79.9. The van der Waals surface area contributed by atoms with E-state index < -0.39 is 0 Å². The number of nitrogens with zero attached hydrogens (tertiary/aromatic N) is 1. The van der Waals surface area contributed by atoms with Crippen molar-refractivity contribution < 1.29 is 4.39 Å². The van der Waals surface area contributed by atoms with Crippen molar-refractivity contribution in [1.29, 1.82) is 0 Å². The zero-order chi connectivity index (χ0) is 12.3. The van der Waals surface area contributed by atoms with E-state index in [0.717, 1.165) is 5.56 Å². The number of aromatic nitrogens is 1. The lowest BCUT2D eigenvalue weighted by Gasteiger charge is -2.18. The van der Waals surface area contributed by atoms with Gasteiger partial charge in [0.15, 0.2) is 0 Å². The Balaban J connectivity index is 2.46. The number of rotatable bonds is 3. The van der Waals surface area contributed by atoms with Gasteiger partial charge in [-0.1, -0.05) is 12.1 Å². The van der Waals surface area contributed by atoms with Crippen molar-refractivity contribution in [2.45, 2.75) is 6.04 Å². The summed E-state index contributed by atoms with van der Waals surface area (Å²) in [5.74, 6) is -0.233. The molecule has 4 heteroatoms. The number of halogens is 2. The summed E-state index contributed by atoms with van der Waals surface area (Å²) in [5.41, 5.74) is 1.60. The van der Waals surface area contributed by atoms with Gasteiger partial charge in [0.05, 0.1) is 10.5 Å². The molecule has 88 valence electrons. The first-order valence-electron chi connectivity index (χ1n) is 5.25. The number of hydrogen-bond donors (Lipinski definition) is 1. The van der Waals surface area contributed by atoms with Crippen LogP contribution in [0.3, 0.4) is 0 Å². The second-order valence-corrected chi connectivity index (χ2v) is 4.50. The molecule has 17 heavy (non-hydrogen) atoms. The molecule has 1 unspecified atom stereocenters. The molecule has 1 aromatic heterocycles. The third-order valence-electron chi connectivity index (χ3n) is 2.62. The second-order valence-electron chi connectivity index (χ2n) is 3.65. The van der Waals surface area contributed by atoms with Gasteiger partial charge in [0.25, 0.3) is 0 Å². The average Bonchev–Trinajstić information content (AvgIpc) is 2.37. The maximum Gasteiger partial charge on any atom is 0.142 e. The van der Waals surface area contributed by atoms with Gasteiger partial charge in [0.2, 0.25) is 0 Å². The molecule has 0 spiro atoms. The zero-order valence-electron chi connectivity index (χ0n) is 9.32.